The van der Waals surface area contributed by atoms with E-state index in [1.54, 1.807) is 38.5 Å². The van der Waals surface area contributed by atoms with Crippen LogP contribution in [0.15, 0.2) is 24.3 Å². The zero-order valence-electron chi connectivity index (χ0n) is 9.60. The molecule has 1 aromatic rings. The predicted molar refractivity (Wildman–Crippen MR) is 61.8 cm³/mol. The zero-order chi connectivity index (χ0) is 12.0. The first-order chi connectivity index (χ1) is 7.71. The number of methoxy groups -OCH3 is 2. The van der Waals surface area contributed by atoms with Gasteiger partial charge in [0, 0.05) is 25.6 Å². The van der Waals surface area contributed by atoms with Gasteiger partial charge in [-0.25, -0.2) is 0 Å². The van der Waals surface area contributed by atoms with Crippen molar-refractivity contribution in [1.29, 1.82) is 0 Å². The van der Waals surface area contributed by atoms with E-state index in [0.29, 0.717) is 18.5 Å². The highest BCUT2D eigenvalue weighted by Crippen LogP contribution is 2.13. The lowest BCUT2D eigenvalue weighted by molar-refractivity contribution is 0.0761. The van der Waals surface area contributed by atoms with Crippen LogP contribution < -0.4 is 10.5 Å². The Morgan fingerprint density at radius 1 is 1.31 bits per heavy atom. The average molecular weight is 223 g/mol. The SMILES string of the molecule is COc1ccc(C(=O)CC(CN)OC)cc1. The summed E-state index contributed by atoms with van der Waals surface area (Å²) in [7, 11) is 3.14. The molecule has 1 aromatic carbocycles. The molecule has 4 nitrogen and oxygen atoms in total. The first-order valence-corrected chi connectivity index (χ1v) is 5.11. The molecule has 1 unspecified atom stereocenters. The molecular formula is C12H17NO3. The summed E-state index contributed by atoms with van der Waals surface area (Å²) in [6.45, 7) is 0.346. The van der Waals surface area contributed by atoms with Crippen LogP contribution in [0.3, 0.4) is 0 Å². The molecule has 0 bridgehead atoms. The summed E-state index contributed by atoms with van der Waals surface area (Å²) in [4.78, 5) is 11.8. The van der Waals surface area contributed by atoms with E-state index in [-0.39, 0.29) is 11.9 Å². The minimum absolute atomic E-state index is 0.0277. The van der Waals surface area contributed by atoms with Gasteiger partial charge < -0.3 is 15.2 Å². The Morgan fingerprint density at radius 3 is 2.38 bits per heavy atom. The number of rotatable bonds is 6. The second-order valence-corrected chi connectivity index (χ2v) is 3.45. The maximum absolute atomic E-state index is 11.8. The van der Waals surface area contributed by atoms with Crippen LogP contribution in [0.25, 0.3) is 0 Å². The molecule has 0 heterocycles. The van der Waals surface area contributed by atoms with Gasteiger partial charge in [-0.05, 0) is 24.3 Å². The van der Waals surface area contributed by atoms with E-state index >= 15 is 0 Å². The van der Waals surface area contributed by atoms with Gasteiger partial charge >= 0.3 is 0 Å². The molecule has 1 rings (SSSR count). The third-order valence-corrected chi connectivity index (χ3v) is 2.42. The number of benzene rings is 1. The van der Waals surface area contributed by atoms with Crippen molar-refractivity contribution in [2.45, 2.75) is 12.5 Å². The topological polar surface area (TPSA) is 61.5 Å². The van der Waals surface area contributed by atoms with E-state index in [2.05, 4.69) is 0 Å². The van der Waals surface area contributed by atoms with Crippen molar-refractivity contribution < 1.29 is 14.3 Å². The van der Waals surface area contributed by atoms with Gasteiger partial charge in [-0.3, -0.25) is 4.79 Å². The summed E-state index contributed by atoms with van der Waals surface area (Å²) in [6.07, 6.45) is 0.0916. The van der Waals surface area contributed by atoms with E-state index in [9.17, 15) is 4.79 Å². The molecule has 0 aromatic heterocycles. The summed E-state index contributed by atoms with van der Waals surface area (Å²) >= 11 is 0. The van der Waals surface area contributed by atoms with Gasteiger partial charge in [0.25, 0.3) is 0 Å². The van der Waals surface area contributed by atoms with Crippen LogP contribution in [-0.2, 0) is 4.74 Å². The molecular weight excluding hydrogens is 206 g/mol. The Kier molecular flexibility index (Phi) is 4.95. The highest BCUT2D eigenvalue weighted by atomic mass is 16.5. The fourth-order valence-corrected chi connectivity index (χ4v) is 1.36. The molecule has 0 saturated carbocycles. The molecule has 88 valence electrons. The summed E-state index contributed by atoms with van der Waals surface area (Å²) < 4.78 is 10.1. The lowest BCUT2D eigenvalue weighted by Gasteiger charge is -2.11. The number of hydrogen-bond donors (Lipinski definition) is 1. The largest absolute Gasteiger partial charge is 0.497 e. The highest BCUT2D eigenvalue weighted by molar-refractivity contribution is 5.96. The number of nitrogens with two attached hydrogens (primary N) is 1. The standard InChI is InChI=1S/C12H17NO3/c1-15-10-5-3-9(4-6-10)12(14)7-11(8-13)16-2/h3-6,11H,7-8,13H2,1-2H3. The molecule has 0 fully saturated rings. The van der Waals surface area contributed by atoms with Crippen LogP contribution in [0.2, 0.25) is 0 Å². The number of carbonyl (C=O) groups is 1. The van der Waals surface area contributed by atoms with Gasteiger partial charge in [-0.1, -0.05) is 0 Å². The lowest BCUT2D eigenvalue weighted by atomic mass is 10.1. The summed E-state index contributed by atoms with van der Waals surface area (Å²) in [6, 6.07) is 7.00. The number of Topliss-reactive ketones (excluding diaryl/α,β-unsaturated/α-hetero) is 1. The van der Waals surface area contributed by atoms with Crippen molar-refractivity contribution >= 4 is 5.78 Å². The van der Waals surface area contributed by atoms with Gasteiger partial charge in [-0.15, -0.1) is 0 Å². The van der Waals surface area contributed by atoms with E-state index in [1.807, 2.05) is 0 Å². The normalized spacial score (nSPS) is 12.2. The summed E-state index contributed by atoms with van der Waals surface area (Å²) in [5.41, 5.74) is 6.11. The highest BCUT2D eigenvalue weighted by Gasteiger charge is 2.13. The second-order valence-electron chi connectivity index (χ2n) is 3.45. The molecule has 2 N–H and O–H groups in total. The number of ether oxygens (including phenoxy) is 2. The van der Waals surface area contributed by atoms with Crippen molar-refractivity contribution in [1.82, 2.24) is 0 Å². The average Bonchev–Trinajstić information content (AvgIpc) is 2.35. The molecule has 16 heavy (non-hydrogen) atoms. The van der Waals surface area contributed by atoms with Crippen LogP contribution in [0.1, 0.15) is 16.8 Å². The second kappa shape index (κ2) is 6.25. The first-order valence-electron chi connectivity index (χ1n) is 5.11. The monoisotopic (exact) mass is 223 g/mol. The molecule has 0 radical (unpaired) electrons. The molecule has 1 atom stereocenters. The molecule has 0 aliphatic rings. The van der Waals surface area contributed by atoms with E-state index in [4.69, 9.17) is 15.2 Å². The number of carbonyl (C=O) groups excluding carboxylic acids is 1. The maximum atomic E-state index is 11.8. The van der Waals surface area contributed by atoms with Crippen molar-refractivity contribution in [2.24, 2.45) is 5.73 Å². The van der Waals surface area contributed by atoms with Crippen molar-refractivity contribution in [3.8, 4) is 5.75 Å². The fourth-order valence-electron chi connectivity index (χ4n) is 1.36. The van der Waals surface area contributed by atoms with Gasteiger partial charge in [-0.2, -0.15) is 0 Å². The molecule has 0 spiro atoms. The Morgan fingerprint density at radius 2 is 1.94 bits per heavy atom. The molecule has 0 aliphatic heterocycles. The Balaban J connectivity index is 2.65. The lowest BCUT2D eigenvalue weighted by Crippen LogP contribution is -2.25. The molecule has 4 heteroatoms. The van der Waals surface area contributed by atoms with Crippen molar-refractivity contribution in [3.63, 3.8) is 0 Å². The van der Waals surface area contributed by atoms with Gasteiger partial charge in [0.2, 0.25) is 0 Å². The third-order valence-electron chi connectivity index (χ3n) is 2.42. The quantitative estimate of drug-likeness (QED) is 0.737. The first kappa shape index (κ1) is 12.7. The summed E-state index contributed by atoms with van der Waals surface area (Å²) in [5, 5.41) is 0. The van der Waals surface area contributed by atoms with Crippen molar-refractivity contribution in [3.05, 3.63) is 29.8 Å². The fraction of sp³-hybridized carbons (Fsp3) is 0.417. The zero-order valence-corrected chi connectivity index (χ0v) is 9.60. The molecule has 0 amide bonds. The van der Waals surface area contributed by atoms with Crippen LogP contribution in [0.4, 0.5) is 0 Å². The Labute approximate surface area is 95.3 Å². The molecule has 0 aliphatic carbocycles. The van der Waals surface area contributed by atoms with Crippen LogP contribution >= 0.6 is 0 Å². The smallest absolute Gasteiger partial charge is 0.165 e. The molecule has 0 saturated heterocycles. The number of ketones is 1. The van der Waals surface area contributed by atoms with Gasteiger partial charge in [0.15, 0.2) is 5.78 Å². The number of hydrogen-bond acceptors (Lipinski definition) is 4. The predicted octanol–water partition coefficient (Wildman–Crippen LogP) is 1.24. The van der Waals surface area contributed by atoms with Crippen LogP contribution in [0, 0.1) is 0 Å². The Bertz CT molecular complexity index is 331. The third kappa shape index (κ3) is 3.32. The van der Waals surface area contributed by atoms with Crippen molar-refractivity contribution in [2.75, 3.05) is 20.8 Å². The Hall–Kier alpha value is -1.39. The van der Waals surface area contributed by atoms with Crippen LogP contribution in [0.5, 0.6) is 5.75 Å². The minimum atomic E-state index is -0.213. The van der Waals surface area contributed by atoms with Gasteiger partial charge in [0.05, 0.1) is 13.2 Å². The van der Waals surface area contributed by atoms with E-state index < -0.39 is 0 Å². The maximum Gasteiger partial charge on any atom is 0.165 e. The minimum Gasteiger partial charge on any atom is -0.497 e. The van der Waals surface area contributed by atoms with E-state index in [0.717, 1.165) is 5.75 Å². The van der Waals surface area contributed by atoms with E-state index in [1.165, 1.54) is 0 Å². The summed E-state index contributed by atoms with van der Waals surface area (Å²) in [5.74, 6) is 0.763. The van der Waals surface area contributed by atoms with Gasteiger partial charge in [0.1, 0.15) is 5.75 Å². The van der Waals surface area contributed by atoms with Crippen LogP contribution in [-0.4, -0.2) is 32.7 Å².